The summed E-state index contributed by atoms with van der Waals surface area (Å²) in [6.45, 7) is 9.39. The molecule has 0 aliphatic carbocycles. The van der Waals surface area contributed by atoms with E-state index in [9.17, 15) is 4.79 Å². The SMILES string of the molecule is CC(C)CNC(=O)CN1CCN(CC#N)CC1. The molecule has 0 bridgehead atoms. The molecule has 96 valence electrons. The van der Waals surface area contributed by atoms with Gasteiger partial charge in [0, 0.05) is 32.7 Å². The number of carbonyl (C=O) groups is 1. The average molecular weight is 238 g/mol. The zero-order valence-electron chi connectivity index (χ0n) is 10.8. The lowest BCUT2D eigenvalue weighted by Gasteiger charge is -2.32. The van der Waals surface area contributed by atoms with Gasteiger partial charge in [-0.2, -0.15) is 5.26 Å². The third-order valence-corrected chi connectivity index (χ3v) is 2.83. The van der Waals surface area contributed by atoms with E-state index in [2.05, 4.69) is 35.0 Å². The number of piperazine rings is 1. The van der Waals surface area contributed by atoms with Crippen LogP contribution in [0.1, 0.15) is 13.8 Å². The van der Waals surface area contributed by atoms with Crippen LogP contribution in [0.5, 0.6) is 0 Å². The Labute approximate surface area is 103 Å². The highest BCUT2D eigenvalue weighted by Gasteiger charge is 2.18. The monoisotopic (exact) mass is 238 g/mol. The third-order valence-electron chi connectivity index (χ3n) is 2.83. The molecule has 1 rings (SSSR count). The van der Waals surface area contributed by atoms with Crippen molar-refractivity contribution >= 4 is 5.91 Å². The van der Waals surface area contributed by atoms with E-state index in [0.717, 1.165) is 32.7 Å². The number of rotatable bonds is 5. The molecule has 1 saturated heterocycles. The van der Waals surface area contributed by atoms with Gasteiger partial charge in [0.25, 0.3) is 0 Å². The van der Waals surface area contributed by atoms with Gasteiger partial charge in [-0.1, -0.05) is 13.8 Å². The predicted octanol–water partition coefficient (Wildman–Crippen LogP) is -0.100. The van der Waals surface area contributed by atoms with Crippen LogP contribution in [-0.2, 0) is 4.79 Å². The Morgan fingerprint density at radius 2 is 1.88 bits per heavy atom. The van der Waals surface area contributed by atoms with Crippen molar-refractivity contribution in [2.24, 2.45) is 5.92 Å². The molecule has 0 atom stereocenters. The lowest BCUT2D eigenvalue weighted by Crippen LogP contribution is -2.49. The van der Waals surface area contributed by atoms with Crippen LogP contribution in [0.3, 0.4) is 0 Å². The lowest BCUT2D eigenvalue weighted by molar-refractivity contribution is -0.122. The van der Waals surface area contributed by atoms with Crippen LogP contribution in [-0.4, -0.2) is 61.5 Å². The maximum Gasteiger partial charge on any atom is 0.234 e. The van der Waals surface area contributed by atoms with Gasteiger partial charge < -0.3 is 5.32 Å². The number of nitrogens with one attached hydrogen (secondary N) is 1. The van der Waals surface area contributed by atoms with Crippen molar-refractivity contribution in [3.63, 3.8) is 0 Å². The summed E-state index contributed by atoms with van der Waals surface area (Å²) in [5, 5.41) is 11.5. The molecule has 1 N–H and O–H groups in total. The topological polar surface area (TPSA) is 59.4 Å². The smallest absolute Gasteiger partial charge is 0.234 e. The third kappa shape index (κ3) is 5.66. The number of carbonyl (C=O) groups excluding carboxylic acids is 1. The average Bonchev–Trinajstić information content (AvgIpc) is 2.29. The summed E-state index contributed by atoms with van der Waals surface area (Å²) in [7, 11) is 0. The molecular weight excluding hydrogens is 216 g/mol. The minimum Gasteiger partial charge on any atom is -0.355 e. The zero-order chi connectivity index (χ0) is 12.7. The fourth-order valence-electron chi connectivity index (χ4n) is 1.78. The quantitative estimate of drug-likeness (QED) is 0.680. The Balaban J connectivity index is 2.17. The van der Waals surface area contributed by atoms with Crippen LogP contribution < -0.4 is 5.32 Å². The van der Waals surface area contributed by atoms with Crippen molar-refractivity contribution in [1.29, 1.82) is 5.26 Å². The van der Waals surface area contributed by atoms with Crippen molar-refractivity contribution in [2.75, 3.05) is 45.8 Å². The minimum absolute atomic E-state index is 0.104. The predicted molar refractivity (Wildman–Crippen MR) is 66.3 cm³/mol. The Morgan fingerprint density at radius 3 is 2.41 bits per heavy atom. The summed E-state index contributed by atoms with van der Waals surface area (Å²) in [6, 6.07) is 2.15. The number of nitrogens with zero attached hydrogens (tertiary/aromatic N) is 3. The van der Waals surface area contributed by atoms with Gasteiger partial charge in [-0.15, -0.1) is 0 Å². The van der Waals surface area contributed by atoms with E-state index in [1.54, 1.807) is 0 Å². The van der Waals surface area contributed by atoms with Gasteiger partial charge >= 0.3 is 0 Å². The highest BCUT2D eigenvalue weighted by molar-refractivity contribution is 5.78. The van der Waals surface area contributed by atoms with Crippen molar-refractivity contribution in [3.05, 3.63) is 0 Å². The first-order chi connectivity index (χ1) is 8.11. The maximum absolute atomic E-state index is 11.6. The molecular formula is C12H22N4O. The van der Waals surface area contributed by atoms with Crippen LogP contribution >= 0.6 is 0 Å². The maximum atomic E-state index is 11.6. The van der Waals surface area contributed by atoms with Crippen LogP contribution in [0, 0.1) is 17.2 Å². The van der Waals surface area contributed by atoms with Gasteiger partial charge in [0.05, 0.1) is 19.2 Å². The fraction of sp³-hybridized carbons (Fsp3) is 0.833. The normalized spacial score (nSPS) is 18.0. The summed E-state index contributed by atoms with van der Waals surface area (Å²) in [5.41, 5.74) is 0. The molecule has 0 aromatic heterocycles. The van der Waals surface area contributed by atoms with Crippen molar-refractivity contribution < 1.29 is 4.79 Å². The number of hydrogen-bond donors (Lipinski definition) is 1. The van der Waals surface area contributed by atoms with E-state index < -0.39 is 0 Å². The van der Waals surface area contributed by atoms with Crippen LogP contribution in [0.15, 0.2) is 0 Å². The summed E-state index contributed by atoms with van der Waals surface area (Å²) in [4.78, 5) is 15.9. The van der Waals surface area contributed by atoms with E-state index in [1.165, 1.54) is 0 Å². The van der Waals surface area contributed by atoms with Gasteiger partial charge in [0.15, 0.2) is 0 Å². The first-order valence-electron chi connectivity index (χ1n) is 6.20. The van der Waals surface area contributed by atoms with Gasteiger partial charge in [0.2, 0.25) is 5.91 Å². The van der Waals surface area contributed by atoms with Crippen molar-refractivity contribution in [2.45, 2.75) is 13.8 Å². The number of hydrogen-bond acceptors (Lipinski definition) is 4. The van der Waals surface area contributed by atoms with E-state index >= 15 is 0 Å². The van der Waals surface area contributed by atoms with Gasteiger partial charge in [-0.05, 0) is 5.92 Å². The van der Waals surface area contributed by atoms with Crippen LogP contribution in [0.25, 0.3) is 0 Å². The molecule has 0 spiro atoms. The molecule has 1 fully saturated rings. The van der Waals surface area contributed by atoms with Gasteiger partial charge in [-0.3, -0.25) is 14.6 Å². The molecule has 0 radical (unpaired) electrons. The second kappa shape index (κ2) is 7.25. The molecule has 0 saturated carbocycles. The number of amides is 1. The molecule has 1 aliphatic heterocycles. The summed E-state index contributed by atoms with van der Waals surface area (Å²) >= 11 is 0. The molecule has 1 aliphatic rings. The number of nitriles is 1. The van der Waals surface area contributed by atoms with Crippen LogP contribution in [0.4, 0.5) is 0 Å². The Hall–Kier alpha value is -1.12. The van der Waals surface area contributed by atoms with Crippen LogP contribution in [0.2, 0.25) is 0 Å². The minimum atomic E-state index is 0.104. The Morgan fingerprint density at radius 1 is 1.29 bits per heavy atom. The molecule has 0 aromatic carbocycles. The molecule has 1 amide bonds. The van der Waals surface area contributed by atoms with E-state index in [1.807, 2.05) is 0 Å². The highest BCUT2D eigenvalue weighted by atomic mass is 16.2. The fourth-order valence-corrected chi connectivity index (χ4v) is 1.78. The zero-order valence-corrected chi connectivity index (χ0v) is 10.8. The first kappa shape index (κ1) is 13.9. The highest BCUT2D eigenvalue weighted by Crippen LogP contribution is 2.00. The standard InChI is InChI=1S/C12H22N4O/c1-11(2)9-14-12(17)10-16-7-5-15(4-3-13)6-8-16/h11H,4-10H2,1-2H3,(H,14,17). The first-order valence-corrected chi connectivity index (χ1v) is 6.20. The Bertz CT molecular complexity index is 277. The molecule has 0 unspecified atom stereocenters. The molecule has 0 aromatic rings. The summed E-state index contributed by atoms with van der Waals surface area (Å²) in [6.07, 6.45) is 0. The molecule has 17 heavy (non-hydrogen) atoms. The van der Waals surface area contributed by atoms with Gasteiger partial charge in [-0.25, -0.2) is 0 Å². The molecule has 1 heterocycles. The second-order valence-corrected chi connectivity index (χ2v) is 4.91. The summed E-state index contributed by atoms with van der Waals surface area (Å²) < 4.78 is 0. The van der Waals surface area contributed by atoms with E-state index in [-0.39, 0.29) is 5.91 Å². The molecule has 5 nitrogen and oxygen atoms in total. The lowest BCUT2D eigenvalue weighted by atomic mass is 10.2. The molecule has 5 heteroatoms. The second-order valence-electron chi connectivity index (χ2n) is 4.91. The van der Waals surface area contributed by atoms with Crippen molar-refractivity contribution in [3.8, 4) is 6.07 Å². The summed E-state index contributed by atoms with van der Waals surface area (Å²) in [5.74, 6) is 0.596. The van der Waals surface area contributed by atoms with Crippen molar-refractivity contribution in [1.82, 2.24) is 15.1 Å². The largest absolute Gasteiger partial charge is 0.355 e. The van der Waals surface area contributed by atoms with E-state index in [4.69, 9.17) is 5.26 Å². The van der Waals surface area contributed by atoms with Gasteiger partial charge in [0.1, 0.15) is 0 Å². The van der Waals surface area contributed by atoms with E-state index in [0.29, 0.717) is 19.0 Å². The Kier molecular flexibility index (Phi) is 5.95.